The van der Waals surface area contributed by atoms with Crippen LogP contribution in [0.4, 0.5) is 0 Å². The van der Waals surface area contributed by atoms with Gasteiger partial charge in [-0.2, -0.15) is 0 Å². The van der Waals surface area contributed by atoms with Crippen molar-refractivity contribution < 1.29 is 4.79 Å². The monoisotopic (exact) mass is 196 g/mol. The van der Waals surface area contributed by atoms with Crippen molar-refractivity contribution in [3.05, 3.63) is 0 Å². The quantitative estimate of drug-likeness (QED) is 0.653. The van der Waals surface area contributed by atoms with Crippen molar-refractivity contribution in [1.82, 2.24) is 0 Å². The minimum atomic E-state index is 0.398. The average Bonchev–Trinajstić information content (AvgIpc) is 2.51. The van der Waals surface area contributed by atoms with Gasteiger partial charge in [0.15, 0.2) is 0 Å². The second-order valence-corrected chi connectivity index (χ2v) is 5.08. The lowest BCUT2D eigenvalue weighted by Crippen LogP contribution is -2.19. The molecular weight excluding hydrogens is 172 g/mol. The molecule has 0 saturated heterocycles. The van der Waals surface area contributed by atoms with Crippen molar-refractivity contribution in [1.29, 1.82) is 0 Å². The zero-order chi connectivity index (χ0) is 10.6. The average molecular weight is 196 g/mol. The van der Waals surface area contributed by atoms with Crippen molar-refractivity contribution >= 4 is 5.78 Å². The zero-order valence-electron chi connectivity index (χ0n) is 9.88. The van der Waals surface area contributed by atoms with Crippen LogP contribution in [0.25, 0.3) is 0 Å². The molecule has 1 saturated carbocycles. The normalized spacial score (nSPS) is 29.1. The molecule has 0 aromatic heterocycles. The van der Waals surface area contributed by atoms with Crippen molar-refractivity contribution in [2.45, 2.75) is 59.3 Å². The summed E-state index contributed by atoms with van der Waals surface area (Å²) in [6.45, 7) is 6.64. The van der Waals surface area contributed by atoms with Crippen LogP contribution in [0.2, 0.25) is 0 Å². The summed E-state index contributed by atoms with van der Waals surface area (Å²) < 4.78 is 0. The first kappa shape index (κ1) is 11.7. The molecule has 1 heteroatoms. The summed E-state index contributed by atoms with van der Waals surface area (Å²) in [4.78, 5) is 11.9. The Balaban J connectivity index is 2.33. The molecule has 0 amide bonds. The highest BCUT2D eigenvalue weighted by Gasteiger charge is 2.29. The summed E-state index contributed by atoms with van der Waals surface area (Å²) in [6, 6.07) is 0. The molecule has 0 aromatic rings. The Hall–Kier alpha value is -0.330. The van der Waals surface area contributed by atoms with Gasteiger partial charge in [-0.3, -0.25) is 4.79 Å². The van der Waals surface area contributed by atoms with Crippen LogP contribution in [-0.2, 0) is 4.79 Å². The molecule has 0 radical (unpaired) electrons. The highest BCUT2D eigenvalue weighted by molar-refractivity contribution is 5.81. The highest BCUT2D eigenvalue weighted by atomic mass is 16.1. The Morgan fingerprint density at radius 3 is 2.64 bits per heavy atom. The van der Waals surface area contributed by atoms with Gasteiger partial charge in [0.1, 0.15) is 5.78 Å². The van der Waals surface area contributed by atoms with E-state index in [4.69, 9.17) is 0 Å². The molecule has 0 aliphatic heterocycles. The second-order valence-electron chi connectivity index (χ2n) is 5.08. The molecule has 3 unspecified atom stereocenters. The van der Waals surface area contributed by atoms with E-state index < -0.39 is 0 Å². The molecule has 0 heterocycles. The third-order valence-electron chi connectivity index (χ3n) is 3.61. The number of hydrogen-bond acceptors (Lipinski definition) is 1. The number of ketones is 1. The summed E-state index contributed by atoms with van der Waals surface area (Å²) in [5.41, 5.74) is 0. The molecule has 1 aliphatic carbocycles. The van der Waals surface area contributed by atoms with Gasteiger partial charge >= 0.3 is 0 Å². The first-order valence-electron chi connectivity index (χ1n) is 6.17. The Bertz CT molecular complexity index is 186. The molecule has 14 heavy (non-hydrogen) atoms. The lowest BCUT2D eigenvalue weighted by Gasteiger charge is -2.16. The van der Waals surface area contributed by atoms with E-state index in [2.05, 4.69) is 20.8 Å². The molecule has 0 spiro atoms. The van der Waals surface area contributed by atoms with E-state index in [1.54, 1.807) is 0 Å². The third kappa shape index (κ3) is 3.11. The molecule has 0 aromatic carbocycles. The van der Waals surface area contributed by atoms with Crippen LogP contribution in [0.3, 0.4) is 0 Å². The Kier molecular flexibility index (Phi) is 4.64. The number of carbonyl (C=O) groups is 1. The van der Waals surface area contributed by atoms with Crippen molar-refractivity contribution in [2.75, 3.05) is 0 Å². The van der Waals surface area contributed by atoms with Gasteiger partial charge in [-0.05, 0) is 24.7 Å². The van der Waals surface area contributed by atoms with E-state index >= 15 is 0 Å². The number of hydrogen-bond donors (Lipinski definition) is 0. The molecule has 1 rings (SSSR count). The van der Waals surface area contributed by atoms with Crippen LogP contribution >= 0.6 is 0 Å². The Morgan fingerprint density at radius 2 is 2.14 bits per heavy atom. The molecule has 0 N–H and O–H groups in total. The smallest absolute Gasteiger partial charge is 0.136 e. The van der Waals surface area contributed by atoms with Gasteiger partial charge in [-0.25, -0.2) is 0 Å². The first-order chi connectivity index (χ1) is 6.65. The molecule has 1 aliphatic rings. The third-order valence-corrected chi connectivity index (χ3v) is 3.61. The largest absolute Gasteiger partial charge is 0.299 e. The van der Waals surface area contributed by atoms with Crippen molar-refractivity contribution in [2.24, 2.45) is 17.8 Å². The summed E-state index contributed by atoms with van der Waals surface area (Å²) in [5, 5.41) is 0. The molecule has 0 bridgehead atoms. The maximum absolute atomic E-state index is 11.9. The van der Waals surface area contributed by atoms with Gasteiger partial charge in [-0.1, -0.05) is 40.0 Å². The van der Waals surface area contributed by atoms with E-state index in [-0.39, 0.29) is 0 Å². The molecule has 1 nitrogen and oxygen atoms in total. The van der Waals surface area contributed by atoms with E-state index in [0.29, 0.717) is 23.5 Å². The summed E-state index contributed by atoms with van der Waals surface area (Å²) >= 11 is 0. The predicted octanol–water partition coefficient (Wildman–Crippen LogP) is 3.82. The lowest BCUT2D eigenvalue weighted by atomic mass is 9.87. The van der Waals surface area contributed by atoms with Gasteiger partial charge in [0.25, 0.3) is 0 Å². The second kappa shape index (κ2) is 5.53. The fourth-order valence-electron chi connectivity index (χ4n) is 2.71. The molecule has 82 valence electrons. The number of rotatable bonds is 5. The molecule has 3 atom stereocenters. The van der Waals surface area contributed by atoms with Crippen LogP contribution in [0.5, 0.6) is 0 Å². The maximum Gasteiger partial charge on any atom is 0.136 e. The molecule has 1 fully saturated rings. The fourth-order valence-corrected chi connectivity index (χ4v) is 2.71. The van der Waals surface area contributed by atoms with Crippen LogP contribution in [0.15, 0.2) is 0 Å². The summed E-state index contributed by atoms with van der Waals surface area (Å²) in [6.07, 6.45) is 6.90. The standard InChI is InChI=1S/C13H24O/c1-4-6-10(2)9-13(14)12-8-5-7-11(12)3/h10-12H,4-9H2,1-3H3. The Labute approximate surface area is 88.3 Å². The van der Waals surface area contributed by atoms with Crippen LogP contribution in [0.1, 0.15) is 59.3 Å². The van der Waals surface area contributed by atoms with Gasteiger partial charge < -0.3 is 0 Å². The topological polar surface area (TPSA) is 17.1 Å². The van der Waals surface area contributed by atoms with E-state index in [1.165, 1.54) is 25.7 Å². The fraction of sp³-hybridized carbons (Fsp3) is 0.923. The van der Waals surface area contributed by atoms with E-state index in [1.807, 2.05) is 0 Å². The first-order valence-corrected chi connectivity index (χ1v) is 6.17. The SMILES string of the molecule is CCCC(C)CC(=O)C1CCCC1C. The van der Waals surface area contributed by atoms with Crippen LogP contribution in [0, 0.1) is 17.8 Å². The number of carbonyl (C=O) groups excluding carboxylic acids is 1. The summed E-state index contributed by atoms with van der Waals surface area (Å²) in [7, 11) is 0. The van der Waals surface area contributed by atoms with E-state index in [0.717, 1.165) is 12.8 Å². The predicted molar refractivity (Wildman–Crippen MR) is 60.2 cm³/mol. The van der Waals surface area contributed by atoms with Crippen LogP contribution in [-0.4, -0.2) is 5.78 Å². The van der Waals surface area contributed by atoms with Crippen molar-refractivity contribution in [3.8, 4) is 0 Å². The zero-order valence-corrected chi connectivity index (χ0v) is 9.88. The van der Waals surface area contributed by atoms with Gasteiger partial charge in [-0.15, -0.1) is 0 Å². The minimum absolute atomic E-state index is 0.398. The number of Topliss-reactive ketones (excluding diaryl/α,β-unsaturated/α-hetero) is 1. The van der Waals surface area contributed by atoms with Crippen molar-refractivity contribution in [3.63, 3.8) is 0 Å². The van der Waals surface area contributed by atoms with Gasteiger partial charge in [0.05, 0.1) is 0 Å². The highest BCUT2D eigenvalue weighted by Crippen LogP contribution is 2.33. The lowest BCUT2D eigenvalue weighted by molar-refractivity contribution is -0.124. The molecular formula is C13H24O. The van der Waals surface area contributed by atoms with Crippen LogP contribution < -0.4 is 0 Å². The Morgan fingerprint density at radius 1 is 1.43 bits per heavy atom. The van der Waals surface area contributed by atoms with E-state index in [9.17, 15) is 4.79 Å². The maximum atomic E-state index is 11.9. The minimum Gasteiger partial charge on any atom is -0.299 e. The van der Waals surface area contributed by atoms with Gasteiger partial charge in [0.2, 0.25) is 0 Å². The summed E-state index contributed by atoms with van der Waals surface area (Å²) in [5.74, 6) is 2.18. The van der Waals surface area contributed by atoms with Gasteiger partial charge in [0, 0.05) is 12.3 Å².